The zero-order chi connectivity index (χ0) is 18.2. The maximum Gasteiger partial charge on any atom is 0.120 e. The summed E-state index contributed by atoms with van der Waals surface area (Å²) in [7, 11) is 0. The number of aliphatic hydroxyl groups is 1. The van der Waals surface area contributed by atoms with Crippen molar-refractivity contribution in [2.75, 3.05) is 6.54 Å². The molecule has 0 bridgehead atoms. The van der Waals surface area contributed by atoms with E-state index in [1.54, 1.807) is 0 Å². The molecule has 0 heterocycles. The molecule has 3 nitrogen and oxygen atoms in total. The van der Waals surface area contributed by atoms with Crippen molar-refractivity contribution in [1.82, 2.24) is 5.32 Å². The molecule has 0 aliphatic carbocycles. The van der Waals surface area contributed by atoms with Crippen molar-refractivity contribution in [1.29, 1.82) is 0 Å². The number of hydrogen-bond acceptors (Lipinski definition) is 3. The van der Waals surface area contributed by atoms with Crippen LogP contribution in [0.3, 0.4) is 0 Å². The van der Waals surface area contributed by atoms with E-state index in [0.29, 0.717) is 19.7 Å². The number of rotatable bonds is 8. The summed E-state index contributed by atoms with van der Waals surface area (Å²) in [6.45, 7) is 3.84. The van der Waals surface area contributed by atoms with Crippen molar-refractivity contribution >= 4 is 0 Å². The number of hydrogen-bond donors (Lipinski definition) is 2. The number of nitrogens with one attached hydrogen (secondary N) is 1. The average molecular weight is 347 g/mol. The van der Waals surface area contributed by atoms with E-state index in [2.05, 4.69) is 42.6 Å². The first-order chi connectivity index (χ1) is 12.7. The van der Waals surface area contributed by atoms with Gasteiger partial charge in [-0.3, -0.25) is 0 Å². The summed E-state index contributed by atoms with van der Waals surface area (Å²) < 4.78 is 5.89. The topological polar surface area (TPSA) is 41.5 Å². The van der Waals surface area contributed by atoms with Gasteiger partial charge >= 0.3 is 0 Å². The Morgan fingerprint density at radius 3 is 2.42 bits per heavy atom. The normalized spacial score (nSPS) is 11.9. The van der Waals surface area contributed by atoms with E-state index in [1.807, 2.05) is 48.5 Å². The Labute approximate surface area is 155 Å². The fourth-order valence-electron chi connectivity index (χ4n) is 2.74. The van der Waals surface area contributed by atoms with Gasteiger partial charge in [-0.1, -0.05) is 72.3 Å². The van der Waals surface area contributed by atoms with E-state index < -0.39 is 6.10 Å². The minimum absolute atomic E-state index is 0.503. The van der Waals surface area contributed by atoms with Crippen LogP contribution in [0.1, 0.15) is 28.4 Å². The van der Waals surface area contributed by atoms with Gasteiger partial charge < -0.3 is 15.2 Å². The van der Waals surface area contributed by atoms with E-state index in [9.17, 15) is 5.11 Å². The summed E-state index contributed by atoms with van der Waals surface area (Å²) in [4.78, 5) is 0. The van der Waals surface area contributed by atoms with Crippen LogP contribution in [0.15, 0.2) is 78.9 Å². The molecule has 26 heavy (non-hydrogen) atoms. The maximum absolute atomic E-state index is 10.2. The van der Waals surface area contributed by atoms with E-state index in [0.717, 1.165) is 22.4 Å². The zero-order valence-corrected chi connectivity index (χ0v) is 15.1. The van der Waals surface area contributed by atoms with Gasteiger partial charge in [-0.15, -0.1) is 0 Å². The van der Waals surface area contributed by atoms with Gasteiger partial charge in [-0.05, 0) is 35.7 Å². The van der Waals surface area contributed by atoms with Crippen LogP contribution in [0.4, 0.5) is 0 Å². The molecule has 0 radical (unpaired) electrons. The Balaban J connectivity index is 1.48. The molecule has 3 heteroatoms. The lowest BCUT2D eigenvalue weighted by molar-refractivity contribution is 0.174. The van der Waals surface area contributed by atoms with Crippen molar-refractivity contribution in [3.05, 3.63) is 101 Å². The lowest BCUT2D eigenvalue weighted by Gasteiger charge is -2.13. The van der Waals surface area contributed by atoms with E-state index in [-0.39, 0.29) is 0 Å². The first kappa shape index (κ1) is 18.2. The van der Waals surface area contributed by atoms with Gasteiger partial charge in [0, 0.05) is 13.1 Å². The van der Waals surface area contributed by atoms with Crippen LogP contribution in [-0.4, -0.2) is 11.7 Å². The van der Waals surface area contributed by atoms with Crippen molar-refractivity contribution < 1.29 is 9.84 Å². The van der Waals surface area contributed by atoms with E-state index in [4.69, 9.17) is 4.74 Å². The quantitative estimate of drug-likeness (QED) is 0.635. The van der Waals surface area contributed by atoms with Gasteiger partial charge in [0.05, 0.1) is 6.10 Å². The van der Waals surface area contributed by atoms with E-state index >= 15 is 0 Å². The SMILES string of the molecule is Cc1ccc(COc2cccc(CNCC(O)c3ccccc3)c2)cc1. The second-order valence-corrected chi connectivity index (χ2v) is 6.48. The van der Waals surface area contributed by atoms with Gasteiger partial charge in [-0.25, -0.2) is 0 Å². The summed E-state index contributed by atoms with van der Waals surface area (Å²) in [6.07, 6.45) is -0.503. The summed E-state index contributed by atoms with van der Waals surface area (Å²) >= 11 is 0. The smallest absolute Gasteiger partial charge is 0.120 e. The van der Waals surface area contributed by atoms with Gasteiger partial charge in [0.15, 0.2) is 0 Å². The van der Waals surface area contributed by atoms with Crippen LogP contribution >= 0.6 is 0 Å². The molecule has 1 atom stereocenters. The predicted molar refractivity (Wildman–Crippen MR) is 105 cm³/mol. The largest absolute Gasteiger partial charge is 0.489 e. The fraction of sp³-hybridized carbons (Fsp3) is 0.217. The molecule has 0 spiro atoms. The zero-order valence-electron chi connectivity index (χ0n) is 15.1. The molecule has 0 saturated heterocycles. The highest BCUT2D eigenvalue weighted by Gasteiger charge is 2.06. The third-order valence-electron chi connectivity index (χ3n) is 4.28. The highest BCUT2D eigenvalue weighted by atomic mass is 16.5. The van der Waals surface area contributed by atoms with Crippen LogP contribution < -0.4 is 10.1 Å². The standard InChI is InChI=1S/C23H25NO2/c1-18-10-12-19(13-11-18)17-26-22-9-5-6-20(14-22)15-24-16-23(25)21-7-3-2-4-8-21/h2-14,23-25H,15-17H2,1H3. The number of benzene rings is 3. The molecule has 0 fully saturated rings. The Morgan fingerprint density at radius 2 is 1.65 bits per heavy atom. The van der Waals surface area contributed by atoms with E-state index in [1.165, 1.54) is 5.56 Å². The Bertz CT molecular complexity index is 800. The van der Waals surface area contributed by atoms with Crippen molar-refractivity contribution in [2.45, 2.75) is 26.2 Å². The van der Waals surface area contributed by atoms with Gasteiger partial charge in [-0.2, -0.15) is 0 Å². The number of aryl methyl sites for hydroxylation is 1. The Morgan fingerprint density at radius 1 is 0.885 bits per heavy atom. The first-order valence-electron chi connectivity index (χ1n) is 8.92. The molecule has 3 rings (SSSR count). The molecule has 0 saturated carbocycles. The molecular weight excluding hydrogens is 322 g/mol. The first-order valence-corrected chi connectivity index (χ1v) is 8.92. The second-order valence-electron chi connectivity index (χ2n) is 6.48. The van der Waals surface area contributed by atoms with Crippen LogP contribution in [0.5, 0.6) is 5.75 Å². The Hall–Kier alpha value is -2.62. The van der Waals surface area contributed by atoms with Crippen LogP contribution in [0.2, 0.25) is 0 Å². The predicted octanol–water partition coefficient (Wildman–Crippen LogP) is 4.40. The van der Waals surface area contributed by atoms with Crippen LogP contribution in [0.25, 0.3) is 0 Å². The molecule has 134 valence electrons. The molecule has 3 aromatic rings. The summed E-state index contributed by atoms with van der Waals surface area (Å²) in [6, 6.07) is 26.1. The lowest BCUT2D eigenvalue weighted by atomic mass is 10.1. The van der Waals surface area contributed by atoms with Gasteiger partial charge in [0.1, 0.15) is 12.4 Å². The highest BCUT2D eigenvalue weighted by Crippen LogP contribution is 2.16. The lowest BCUT2D eigenvalue weighted by Crippen LogP contribution is -2.21. The third-order valence-corrected chi connectivity index (χ3v) is 4.28. The summed E-state index contributed by atoms with van der Waals surface area (Å²) in [5.74, 6) is 0.855. The molecule has 0 amide bonds. The monoisotopic (exact) mass is 347 g/mol. The minimum atomic E-state index is -0.503. The molecule has 3 aromatic carbocycles. The molecule has 1 unspecified atom stereocenters. The molecule has 0 aromatic heterocycles. The van der Waals surface area contributed by atoms with Crippen molar-refractivity contribution in [3.63, 3.8) is 0 Å². The second kappa shape index (κ2) is 9.18. The number of ether oxygens (including phenoxy) is 1. The fourth-order valence-corrected chi connectivity index (χ4v) is 2.74. The average Bonchev–Trinajstić information content (AvgIpc) is 2.68. The van der Waals surface area contributed by atoms with Gasteiger partial charge in [0.25, 0.3) is 0 Å². The van der Waals surface area contributed by atoms with Crippen molar-refractivity contribution in [2.24, 2.45) is 0 Å². The van der Waals surface area contributed by atoms with Crippen LogP contribution in [0, 0.1) is 6.92 Å². The summed E-state index contributed by atoms with van der Waals surface area (Å²) in [5.41, 5.74) is 4.46. The molecule has 2 N–H and O–H groups in total. The van der Waals surface area contributed by atoms with Crippen molar-refractivity contribution in [3.8, 4) is 5.75 Å². The minimum Gasteiger partial charge on any atom is -0.489 e. The maximum atomic E-state index is 10.2. The van der Waals surface area contributed by atoms with Crippen LogP contribution in [-0.2, 0) is 13.2 Å². The highest BCUT2D eigenvalue weighted by molar-refractivity contribution is 5.29. The van der Waals surface area contributed by atoms with Gasteiger partial charge in [0.2, 0.25) is 0 Å². The summed E-state index contributed by atoms with van der Waals surface area (Å²) in [5, 5.41) is 13.5. The molecule has 0 aliphatic heterocycles. The molecular formula is C23H25NO2. The third kappa shape index (κ3) is 5.45. The Kier molecular flexibility index (Phi) is 6.42. The number of aliphatic hydroxyl groups excluding tert-OH is 1. The molecule has 0 aliphatic rings.